The maximum Gasteiger partial charge on any atom is 0.147 e. The number of rotatable bonds is 6. The van der Waals surface area contributed by atoms with Crippen LogP contribution in [0.15, 0.2) is 24.3 Å². The molecule has 88 valence electrons. The van der Waals surface area contributed by atoms with Crippen LogP contribution in [0, 0.1) is 0 Å². The second-order valence-corrected chi connectivity index (χ2v) is 4.61. The summed E-state index contributed by atoms with van der Waals surface area (Å²) in [5.41, 5.74) is 6.85. The fourth-order valence-electron chi connectivity index (χ4n) is 1.14. The second-order valence-electron chi connectivity index (χ2n) is 3.58. The van der Waals surface area contributed by atoms with Crippen molar-refractivity contribution in [1.82, 2.24) is 0 Å². The minimum absolute atomic E-state index is 0.0437. The van der Waals surface area contributed by atoms with Gasteiger partial charge < -0.3 is 10.5 Å². The normalized spacial score (nSPS) is 12.2. The molecular formula is C12H17NO2S. The number of hydrogen-bond donors (Lipinski definition) is 1. The number of methoxy groups -OCH3 is 1. The molecule has 1 unspecified atom stereocenters. The summed E-state index contributed by atoms with van der Waals surface area (Å²) in [5.74, 6) is 2.43. The van der Waals surface area contributed by atoms with Crippen molar-refractivity contribution in [2.24, 2.45) is 5.73 Å². The summed E-state index contributed by atoms with van der Waals surface area (Å²) in [7, 11) is 1.65. The lowest BCUT2D eigenvalue weighted by atomic mass is 10.2. The van der Waals surface area contributed by atoms with Crippen LogP contribution in [0.25, 0.3) is 0 Å². The summed E-state index contributed by atoms with van der Waals surface area (Å²) in [5, 5.41) is 0. The van der Waals surface area contributed by atoms with Crippen LogP contribution >= 0.6 is 11.8 Å². The molecule has 0 aromatic heterocycles. The first kappa shape index (κ1) is 13.1. The highest BCUT2D eigenvalue weighted by atomic mass is 32.2. The quantitative estimate of drug-likeness (QED) is 0.823. The summed E-state index contributed by atoms with van der Waals surface area (Å²) in [6, 6.07) is 7.56. The third kappa shape index (κ3) is 4.24. The molecule has 1 atom stereocenters. The highest BCUT2D eigenvalue weighted by molar-refractivity contribution is 7.98. The Morgan fingerprint density at radius 2 is 2.06 bits per heavy atom. The molecule has 0 amide bonds. The maximum atomic E-state index is 10.9. The Hall–Kier alpha value is -1.00. The van der Waals surface area contributed by atoms with Crippen molar-refractivity contribution in [1.29, 1.82) is 0 Å². The first-order chi connectivity index (χ1) is 7.63. The molecule has 0 heterocycles. The number of thioether (sulfide) groups is 1. The van der Waals surface area contributed by atoms with Gasteiger partial charge in [0.25, 0.3) is 0 Å². The molecule has 0 aliphatic carbocycles. The van der Waals surface area contributed by atoms with Gasteiger partial charge in [-0.15, -0.1) is 0 Å². The number of carbonyl (C=O) groups is 1. The molecule has 0 saturated heterocycles. The SMILES string of the molecule is COc1ccc(CSCC(N)C(C)=O)cc1. The topological polar surface area (TPSA) is 52.3 Å². The standard InChI is InChI=1S/C12H17NO2S/c1-9(14)12(13)8-16-7-10-3-5-11(15-2)6-4-10/h3-6,12H,7-8,13H2,1-2H3. The van der Waals surface area contributed by atoms with E-state index in [-0.39, 0.29) is 11.8 Å². The van der Waals surface area contributed by atoms with Gasteiger partial charge in [-0.25, -0.2) is 0 Å². The summed E-state index contributed by atoms with van der Waals surface area (Å²) in [6.07, 6.45) is 0. The van der Waals surface area contributed by atoms with Gasteiger partial charge in [-0.2, -0.15) is 11.8 Å². The number of ether oxygens (including phenoxy) is 1. The van der Waals surface area contributed by atoms with Crippen molar-refractivity contribution in [2.75, 3.05) is 12.9 Å². The van der Waals surface area contributed by atoms with Crippen molar-refractivity contribution >= 4 is 17.5 Å². The molecule has 3 nitrogen and oxygen atoms in total. The van der Waals surface area contributed by atoms with Crippen molar-refractivity contribution in [2.45, 2.75) is 18.7 Å². The number of Topliss-reactive ketones (excluding diaryl/α,β-unsaturated/α-hetero) is 1. The third-order valence-electron chi connectivity index (χ3n) is 2.25. The zero-order chi connectivity index (χ0) is 12.0. The number of ketones is 1. The molecule has 0 aliphatic rings. The van der Waals surface area contributed by atoms with E-state index in [4.69, 9.17) is 10.5 Å². The van der Waals surface area contributed by atoms with Gasteiger partial charge in [0, 0.05) is 11.5 Å². The smallest absolute Gasteiger partial charge is 0.147 e. The second kappa shape index (κ2) is 6.55. The van der Waals surface area contributed by atoms with E-state index in [2.05, 4.69) is 0 Å². The van der Waals surface area contributed by atoms with E-state index in [0.29, 0.717) is 5.75 Å². The first-order valence-corrected chi connectivity index (χ1v) is 6.25. The van der Waals surface area contributed by atoms with Crippen LogP contribution in [-0.4, -0.2) is 24.7 Å². The Labute approximate surface area is 100 Å². The van der Waals surface area contributed by atoms with E-state index in [0.717, 1.165) is 11.5 Å². The lowest BCUT2D eigenvalue weighted by Crippen LogP contribution is -2.30. The Morgan fingerprint density at radius 1 is 1.44 bits per heavy atom. The molecule has 0 saturated carbocycles. The summed E-state index contributed by atoms with van der Waals surface area (Å²) in [4.78, 5) is 10.9. The maximum absolute atomic E-state index is 10.9. The van der Waals surface area contributed by atoms with Gasteiger partial charge in [0.1, 0.15) is 11.5 Å². The fraction of sp³-hybridized carbons (Fsp3) is 0.417. The van der Waals surface area contributed by atoms with Gasteiger partial charge in [0.15, 0.2) is 0 Å². The van der Waals surface area contributed by atoms with Gasteiger partial charge in [0.05, 0.1) is 13.2 Å². The molecule has 0 spiro atoms. The predicted octanol–water partition coefficient (Wildman–Crippen LogP) is 1.84. The lowest BCUT2D eigenvalue weighted by molar-refractivity contribution is -0.117. The molecule has 1 aromatic carbocycles. The van der Waals surface area contributed by atoms with Crippen LogP contribution in [0.4, 0.5) is 0 Å². The monoisotopic (exact) mass is 239 g/mol. The fourth-order valence-corrected chi connectivity index (χ4v) is 2.18. The van der Waals surface area contributed by atoms with Crippen LogP contribution in [0.5, 0.6) is 5.75 Å². The predicted molar refractivity (Wildman–Crippen MR) is 67.8 cm³/mol. The van der Waals surface area contributed by atoms with Gasteiger partial charge >= 0.3 is 0 Å². The average Bonchev–Trinajstić information content (AvgIpc) is 2.29. The Morgan fingerprint density at radius 3 is 2.56 bits per heavy atom. The largest absolute Gasteiger partial charge is 0.497 e. The molecule has 0 radical (unpaired) electrons. The Kier molecular flexibility index (Phi) is 5.35. The third-order valence-corrected chi connectivity index (χ3v) is 3.38. The minimum atomic E-state index is -0.344. The van der Waals surface area contributed by atoms with Crippen LogP contribution < -0.4 is 10.5 Å². The van der Waals surface area contributed by atoms with E-state index in [9.17, 15) is 4.79 Å². The molecular weight excluding hydrogens is 222 g/mol. The Bertz CT molecular complexity index is 337. The molecule has 4 heteroatoms. The van der Waals surface area contributed by atoms with E-state index in [1.165, 1.54) is 12.5 Å². The molecule has 0 aliphatic heterocycles. The zero-order valence-electron chi connectivity index (χ0n) is 9.60. The molecule has 0 fully saturated rings. The number of carbonyl (C=O) groups excluding carboxylic acids is 1. The number of benzene rings is 1. The van der Waals surface area contributed by atoms with Crippen molar-refractivity contribution in [3.05, 3.63) is 29.8 Å². The highest BCUT2D eigenvalue weighted by Gasteiger charge is 2.07. The first-order valence-electron chi connectivity index (χ1n) is 5.10. The lowest BCUT2D eigenvalue weighted by Gasteiger charge is -2.07. The number of hydrogen-bond acceptors (Lipinski definition) is 4. The average molecular weight is 239 g/mol. The van der Waals surface area contributed by atoms with Gasteiger partial charge in [-0.3, -0.25) is 4.79 Å². The van der Waals surface area contributed by atoms with Crippen molar-refractivity contribution in [3.63, 3.8) is 0 Å². The van der Waals surface area contributed by atoms with E-state index < -0.39 is 0 Å². The van der Waals surface area contributed by atoms with Crippen molar-refractivity contribution < 1.29 is 9.53 Å². The van der Waals surface area contributed by atoms with E-state index in [1.807, 2.05) is 24.3 Å². The van der Waals surface area contributed by atoms with Crippen LogP contribution in [0.1, 0.15) is 12.5 Å². The summed E-state index contributed by atoms with van der Waals surface area (Å²) in [6.45, 7) is 1.53. The van der Waals surface area contributed by atoms with Crippen LogP contribution in [-0.2, 0) is 10.5 Å². The van der Waals surface area contributed by atoms with E-state index >= 15 is 0 Å². The van der Waals surface area contributed by atoms with Crippen molar-refractivity contribution in [3.8, 4) is 5.75 Å². The summed E-state index contributed by atoms with van der Waals surface area (Å²) < 4.78 is 5.07. The molecule has 1 aromatic rings. The van der Waals surface area contributed by atoms with Gasteiger partial charge in [-0.1, -0.05) is 12.1 Å². The number of nitrogens with two attached hydrogens (primary N) is 1. The van der Waals surface area contributed by atoms with Crippen LogP contribution in [0.3, 0.4) is 0 Å². The van der Waals surface area contributed by atoms with Gasteiger partial charge in [-0.05, 0) is 24.6 Å². The van der Waals surface area contributed by atoms with Gasteiger partial charge in [0.2, 0.25) is 0 Å². The highest BCUT2D eigenvalue weighted by Crippen LogP contribution is 2.16. The Balaban J connectivity index is 2.34. The minimum Gasteiger partial charge on any atom is -0.497 e. The zero-order valence-corrected chi connectivity index (χ0v) is 10.4. The molecule has 1 rings (SSSR count). The summed E-state index contributed by atoms with van der Waals surface area (Å²) >= 11 is 1.67. The van der Waals surface area contributed by atoms with E-state index in [1.54, 1.807) is 18.9 Å². The molecule has 16 heavy (non-hydrogen) atoms. The molecule has 0 bridgehead atoms. The van der Waals surface area contributed by atoms with Crippen LogP contribution in [0.2, 0.25) is 0 Å². The molecule has 2 N–H and O–H groups in total.